The maximum Gasteiger partial charge on any atom is 0.416 e. The number of rotatable bonds is 3. The van der Waals surface area contributed by atoms with Crippen LogP contribution in [0.3, 0.4) is 0 Å². The zero-order valence-corrected chi connectivity index (χ0v) is 10.3. The maximum absolute atomic E-state index is 12.9. The third-order valence-electron chi connectivity index (χ3n) is 2.89. The van der Waals surface area contributed by atoms with E-state index >= 15 is 0 Å². The number of cyclic esters (lactones) is 1. The topological polar surface area (TPSA) is 55.8 Å². The van der Waals surface area contributed by atoms with Gasteiger partial charge in [0.15, 0.2) is 6.10 Å². The average molecular weight is 288 g/mol. The Labute approximate surface area is 112 Å². The first-order chi connectivity index (χ1) is 9.34. The smallest absolute Gasteiger partial charge is 0.416 e. The van der Waals surface area contributed by atoms with E-state index in [2.05, 4.69) is 0 Å². The molecule has 0 bridgehead atoms. The second-order valence-electron chi connectivity index (χ2n) is 4.14. The number of esters is 1. The van der Waals surface area contributed by atoms with E-state index in [0.29, 0.717) is 0 Å². The second kappa shape index (κ2) is 5.16. The van der Waals surface area contributed by atoms with Gasteiger partial charge in [0.2, 0.25) is 0 Å². The molecule has 1 aromatic rings. The molecule has 0 fully saturated rings. The van der Waals surface area contributed by atoms with E-state index in [1.54, 1.807) is 0 Å². The van der Waals surface area contributed by atoms with Crippen LogP contribution in [0.2, 0.25) is 0 Å². The molecule has 0 saturated carbocycles. The molecule has 2 atom stereocenters. The molecule has 7 heteroatoms. The number of halogens is 3. The summed E-state index contributed by atoms with van der Waals surface area (Å²) in [6, 6.07) is 4.56. The summed E-state index contributed by atoms with van der Waals surface area (Å²) in [5, 5.41) is 10.1. The Hall–Kier alpha value is -2.02. The first-order valence-corrected chi connectivity index (χ1v) is 5.65. The van der Waals surface area contributed by atoms with Gasteiger partial charge in [-0.25, -0.2) is 4.79 Å². The number of hydrogen-bond donors (Lipinski definition) is 1. The Bertz CT molecular complexity index is 551. The van der Waals surface area contributed by atoms with Crippen LogP contribution in [0.25, 0.3) is 0 Å². The number of aliphatic hydroxyl groups excluding tert-OH is 1. The summed E-state index contributed by atoms with van der Waals surface area (Å²) in [6.45, 7) is 0. The van der Waals surface area contributed by atoms with E-state index in [-0.39, 0.29) is 11.3 Å². The van der Waals surface area contributed by atoms with Crippen molar-refractivity contribution < 1.29 is 32.5 Å². The van der Waals surface area contributed by atoms with Crippen LogP contribution < -0.4 is 0 Å². The van der Waals surface area contributed by atoms with Crippen LogP contribution in [0.4, 0.5) is 13.2 Å². The van der Waals surface area contributed by atoms with E-state index in [1.807, 2.05) is 0 Å². The number of benzene rings is 1. The van der Waals surface area contributed by atoms with E-state index in [9.17, 15) is 23.1 Å². The molecular formula is C13H11F3O4. The zero-order valence-electron chi connectivity index (χ0n) is 10.3. The van der Waals surface area contributed by atoms with Crippen LogP contribution in [0.1, 0.15) is 17.2 Å². The van der Waals surface area contributed by atoms with Crippen molar-refractivity contribution in [3.8, 4) is 0 Å². The molecule has 1 aliphatic heterocycles. The van der Waals surface area contributed by atoms with Crippen LogP contribution in [-0.2, 0) is 20.4 Å². The van der Waals surface area contributed by atoms with Crippen molar-refractivity contribution in [2.24, 2.45) is 0 Å². The lowest BCUT2D eigenvalue weighted by Crippen LogP contribution is -2.25. The SMILES string of the molecule is COC1=CC(=O)OC1C(O)c1ccccc1C(F)(F)F. The lowest BCUT2D eigenvalue weighted by Gasteiger charge is -2.22. The molecular weight excluding hydrogens is 277 g/mol. The number of alkyl halides is 3. The fourth-order valence-corrected chi connectivity index (χ4v) is 1.99. The summed E-state index contributed by atoms with van der Waals surface area (Å²) in [5.74, 6) is -0.783. The molecule has 0 amide bonds. The van der Waals surface area contributed by atoms with Gasteiger partial charge in [0.25, 0.3) is 0 Å². The minimum Gasteiger partial charge on any atom is -0.497 e. The number of hydrogen-bond acceptors (Lipinski definition) is 4. The lowest BCUT2D eigenvalue weighted by atomic mass is 9.97. The summed E-state index contributed by atoms with van der Waals surface area (Å²) in [5.41, 5.74) is -1.35. The first-order valence-electron chi connectivity index (χ1n) is 5.65. The monoisotopic (exact) mass is 288 g/mol. The normalized spacial score (nSPS) is 20.4. The summed E-state index contributed by atoms with van der Waals surface area (Å²) in [7, 11) is 1.24. The number of ether oxygens (including phenoxy) is 2. The standard InChI is InChI=1S/C13H11F3O4/c1-19-9-6-10(17)20-12(9)11(18)7-4-2-3-5-8(7)13(14,15)16/h2-6,11-12,18H,1H3. The predicted molar refractivity (Wildman–Crippen MR) is 61.4 cm³/mol. The van der Waals surface area contributed by atoms with Crippen LogP contribution in [0.15, 0.2) is 36.1 Å². The van der Waals surface area contributed by atoms with Gasteiger partial charge in [-0.1, -0.05) is 18.2 Å². The number of carbonyl (C=O) groups is 1. The van der Waals surface area contributed by atoms with Gasteiger partial charge in [-0.15, -0.1) is 0 Å². The van der Waals surface area contributed by atoms with E-state index in [4.69, 9.17) is 9.47 Å². The summed E-state index contributed by atoms with van der Waals surface area (Å²) < 4.78 is 48.3. The molecule has 2 rings (SSSR count). The van der Waals surface area contributed by atoms with Crippen molar-refractivity contribution in [1.82, 2.24) is 0 Å². The molecule has 0 aliphatic carbocycles. The highest BCUT2D eigenvalue weighted by molar-refractivity contribution is 5.85. The molecule has 0 saturated heterocycles. The summed E-state index contributed by atoms with van der Waals surface area (Å²) in [4.78, 5) is 11.1. The highest BCUT2D eigenvalue weighted by Gasteiger charge is 2.40. The first kappa shape index (κ1) is 14.4. The van der Waals surface area contributed by atoms with Crippen molar-refractivity contribution in [3.63, 3.8) is 0 Å². The molecule has 1 aromatic carbocycles. The van der Waals surface area contributed by atoms with Crippen molar-refractivity contribution in [1.29, 1.82) is 0 Å². The van der Waals surface area contributed by atoms with Gasteiger partial charge in [-0.05, 0) is 11.6 Å². The average Bonchev–Trinajstić information content (AvgIpc) is 2.78. The van der Waals surface area contributed by atoms with Gasteiger partial charge >= 0.3 is 12.1 Å². The largest absolute Gasteiger partial charge is 0.497 e. The maximum atomic E-state index is 12.9. The zero-order chi connectivity index (χ0) is 14.9. The van der Waals surface area contributed by atoms with Crippen LogP contribution >= 0.6 is 0 Å². The number of carbonyl (C=O) groups excluding carboxylic acids is 1. The molecule has 1 aliphatic rings. The molecule has 4 nitrogen and oxygen atoms in total. The molecule has 0 radical (unpaired) electrons. The van der Waals surface area contributed by atoms with Gasteiger partial charge in [-0.2, -0.15) is 13.2 Å². The Kier molecular flexibility index (Phi) is 3.71. The molecule has 1 heterocycles. The van der Waals surface area contributed by atoms with Crippen LogP contribution in [0.5, 0.6) is 0 Å². The Morgan fingerprint density at radius 3 is 2.60 bits per heavy atom. The highest BCUT2D eigenvalue weighted by Crippen LogP contribution is 2.38. The second-order valence-corrected chi connectivity index (χ2v) is 4.14. The minimum atomic E-state index is -4.61. The molecule has 0 spiro atoms. The predicted octanol–water partition coefficient (Wildman–Crippen LogP) is 2.19. The van der Waals surface area contributed by atoms with Gasteiger partial charge in [0, 0.05) is 0 Å². The van der Waals surface area contributed by atoms with Gasteiger partial charge in [0.05, 0.1) is 18.7 Å². The quantitative estimate of drug-likeness (QED) is 0.866. The Morgan fingerprint density at radius 1 is 1.35 bits per heavy atom. The van der Waals surface area contributed by atoms with Crippen LogP contribution in [0, 0.1) is 0 Å². The molecule has 20 heavy (non-hydrogen) atoms. The fraction of sp³-hybridized carbons (Fsp3) is 0.308. The van der Waals surface area contributed by atoms with E-state index in [0.717, 1.165) is 18.2 Å². The van der Waals surface area contributed by atoms with Gasteiger partial charge < -0.3 is 14.6 Å². The molecule has 108 valence electrons. The summed E-state index contributed by atoms with van der Waals surface area (Å²) in [6.07, 6.45) is -6.57. The van der Waals surface area contributed by atoms with Gasteiger partial charge in [0.1, 0.15) is 11.9 Å². The van der Waals surface area contributed by atoms with Crippen molar-refractivity contribution in [2.45, 2.75) is 18.4 Å². The van der Waals surface area contributed by atoms with Gasteiger partial charge in [-0.3, -0.25) is 0 Å². The lowest BCUT2D eigenvalue weighted by molar-refractivity contribution is -0.146. The van der Waals surface area contributed by atoms with Crippen LogP contribution in [-0.4, -0.2) is 24.3 Å². The van der Waals surface area contributed by atoms with Crippen molar-refractivity contribution in [3.05, 3.63) is 47.2 Å². The third kappa shape index (κ3) is 2.62. The van der Waals surface area contributed by atoms with E-state index < -0.39 is 29.9 Å². The Balaban J connectivity index is 2.38. The van der Waals surface area contributed by atoms with Crippen molar-refractivity contribution >= 4 is 5.97 Å². The van der Waals surface area contributed by atoms with E-state index in [1.165, 1.54) is 19.2 Å². The summed E-state index contributed by atoms with van der Waals surface area (Å²) >= 11 is 0. The molecule has 1 N–H and O–H groups in total. The molecule has 0 aromatic heterocycles. The minimum absolute atomic E-state index is 0.0144. The number of methoxy groups -OCH3 is 1. The Morgan fingerprint density at radius 2 is 2.00 bits per heavy atom. The molecule has 2 unspecified atom stereocenters. The third-order valence-corrected chi connectivity index (χ3v) is 2.89. The van der Waals surface area contributed by atoms with Crippen molar-refractivity contribution in [2.75, 3.05) is 7.11 Å². The highest BCUT2D eigenvalue weighted by atomic mass is 19.4. The number of aliphatic hydroxyl groups is 1. The fourth-order valence-electron chi connectivity index (χ4n) is 1.99.